The van der Waals surface area contributed by atoms with Gasteiger partial charge in [0.05, 0.1) is 6.61 Å². The Morgan fingerprint density at radius 1 is 1.40 bits per heavy atom. The quantitative estimate of drug-likeness (QED) is 0.649. The number of imide groups is 3. The summed E-state index contributed by atoms with van der Waals surface area (Å²) in [6, 6.07) is 0. The van der Waals surface area contributed by atoms with E-state index in [0.717, 1.165) is 0 Å². The molecule has 1 atom stereocenters. The van der Waals surface area contributed by atoms with Gasteiger partial charge in [-0.05, 0) is 27.2 Å². The second-order valence-electron chi connectivity index (χ2n) is 6.03. The molecule has 1 unspecified atom stereocenters. The van der Waals surface area contributed by atoms with Crippen molar-refractivity contribution in [3.8, 4) is 0 Å². The van der Waals surface area contributed by atoms with Crippen LogP contribution in [0.3, 0.4) is 0 Å². The number of carbonyl (C=O) groups is 3. The van der Waals surface area contributed by atoms with Crippen LogP contribution >= 0.6 is 0 Å². The summed E-state index contributed by atoms with van der Waals surface area (Å²) in [5.41, 5.74) is -1.89. The lowest BCUT2D eigenvalue weighted by Gasteiger charge is -2.41. The number of nitrogens with zero attached hydrogens (tertiary/aromatic N) is 1. The van der Waals surface area contributed by atoms with Crippen molar-refractivity contribution in [1.29, 1.82) is 0 Å². The van der Waals surface area contributed by atoms with E-state index in [9.17, 15) is 14.4 Å². The van der Waals surface area contributed by atoms with E-state index in [0.29, 0.717) is 24.6 Å². The van der Waals surface area contributed by atoms with Gasteiger partial charge in [-0.2, -0.15) is 4.90 Å². The van der Waals surface area contributed by atoms with Gasteiger partial charge < -0.3 is 14.8 Å². The minimum absolute atomic E-state index is 0.0899. The highest BCUT2D eigenvalue weighted by Gasteiger charge is 2.52. The van der Waals surface area contributed by atoms with Crippen LogP contribution in [-0.4, -0.2) is 53.7 Å². The monoisotopic (exact) mass is 284 g/mol. The third-order valence-corrected chi connectivity index (χ3v) is 3.23. The number of rotatable bonds is 0. The number of morpholine rings is 1. The number of carbonyl (C=O) groups excluding carboxylic acids is 3. The van der Waals surface area contributed by atoms with Crippen molar-refractivity contribution < 1.29 is 23.9 Å². The number of amides is 3. The topological polar surface area (TPSA) is 84.9 Å². The molecule has 2 fully saturated rings. The zero-order valence-electron chi connectivity index (χ0n) is 12.0. The average molecular weight is 284 g/mol. The molecule has 0 radical (unpaired) electrons. The molecule has 0 saturated carbocycles. The molecular weight excluding hydrogens is 264 g/mol. The van der Waals surface area contributed by atoms with E-state index in [2.05, 4.69) is 5.32 Å². The molecular formula is C13H20N2O5. The van der Waals surface area contributed by atoms with Gasteiger partial charge in [-0.1, -0.05) is 0 Å². The first-order valence-corrected chi connectivity index (χ1v) is 6.70. The maximum Gasteiger partial charge on any atom is 0.424 e. The molecule has 0 bridgehead atoms. The number of hydrogen-bond acceptors (Lipinski definition) is 6. The van der Waals surface area contributed by atoms with Crippen LogP contribution in [0.15, 0.2) is 0 Å². The third-order valence-electron chi connectivity index (χ3n) is 3.23. The predicted octanol–water partition coefficient (Wildman–Crippen LogP) is 0.429. The van der Waals surface area contributed by atoms with E-state index in [4.69, 9.17) is 9.47 Å². The summed E-state index contributed by atoms with van der Waals surface area (Å²) in [5, 5.41) is 3.06. The SMILES string of the molecule is CC(C)(C)OC(=O)N1C(=O)CCC2(CNCCO2)C1=O. The predicted molar refractivity (Wildman–Crippen MR) is 68.9 cm³/mol. The molecule has 3 amide bonds. The molecule has 2 aliphatic heterocycles. The first-order valence-electron chi connectivity index (χ1n) is 6.70. The lowest BCUT2D eigenvalue weighted by atomic mass is 9.90. The molecule has 2 aliphatic rings. The normalized spacial score (nSPS) is 27.9. The van der Waals surface area contributed by atoms with Crippen LogP contribution in [-0.2, 0) is 19.1 Å². The van der Waals surface area contributed by atoms with Crippen LogP contribution in [0.1, 0.15) is 33.6 Å². The van der Waals surface area contributed by atoms with Gasteiger partial charge in [-0.25, -0.2) is 4.79 Å². The molecule has 0 aromatic carbocycles. The second kappa shape index (κ2) is 5.14. The molecule has 7 nitrogen and oxygen atoms in total. The van der Waals surface area contributed by atoms with Crippen molar-refractivity contribution in [3.05, 3.63) is 0 Å². The summed E-state index contributed by atoms with van der Waals surface area (Å²) in [5.74, 6) is -1.17. The summed E-state index contributed by atoms with van der Waals surface area (Å²) in [6.07, 6.45) is -0.551. The minimum atomic E-state index is -1.12. The Morgan fingerprint density at radius 3 is 2.65 bits per heavy atom. The van der Waals surface area contributed by atoms with Crippen molar-refractivity contribution in [2.24, 2.45) is 0 Å². The number of nitrogens with one attached hydrogen (secondary N) is 1. The largest absolute Gasteiger partial charge is 0.443 e. The highest BCUT2D eigenvalue weighted by atomic mass is 16.6. The maximum atomic E-state index is 12.5. The number of hydrogen-bond donors (Lipinski definition) is 1. The molecule has 0 aliphatic carbocycles. The van der Waals surface area contributed by atoms with Gasteiger partial charge in [0.1, 0.15) is 5.60 Å². The van der Waals surface area contributed by atoms with Crippen molar-refractivity contribution >= 4 is 17.9 Å². The van der Waals surface area contributed by atoms with E-state index in [1.54, 1.807) is 20.8 Å². The van der Waals surface area contributed by atoms with Crippen LogP contribution < -0.4 is 5.32 Å². The molecule has 2 saturated heterocycles. The summed E-state index contributed by atoms with van der Waals surface area (Å²) in [7, 11) is 0. The Balaban J connectivity index is 2.20. The average Bonchev–Trinajstić information content (AvgIpc) is 2.34. The number of piperidine rings is 1. The van der Waals surface area contributed by atoms with E-state index in [1.165, 1.54) is 0 Å². The fraction of sp³-hybridized carbons (Fsp3) is 0.769. The molecule has 0 aromatic rings. The Bertz CT molecular complexity index is 435. The van der Waals surface area contributed by atoms with Crippen LogP contribution in [0.4, 0.5) is 4.79 Å². The van der Waals surface area contributed by atoms with Crippen molar-refractivity contribution in [2.75, 3.05) is 19.7 Å². The third kappa shape index (κ3) is 2.83. The summed E-state index contributed by atoms with van der Waals surface area (Å²) in [6.45, 7) is 6.37. The van der Waals surface area contributed by atoms with Gasteiger partial charge in [-0.15, -0.1) is 0 Å². The van der Waals surface area contributed by atoms with Crippen LogP contribution in [0.5, 0.6) is 0 Å². The number of ether oxygens (including phenoxy) is 2. The van der Waals surface area contributed by atoms with E-state index < -0.39 is 29.1 Å². The highest BCUT2D eigenvalue weighted by molar-refractivity contribution is 6.13. The molecule has 2 rings (SSSR count). The van der Waals surface area contributed by atoms with Gasteiger partial charge in [0, 0.05) is 19.5 Å². The zero-order chi connectivity index (χ0) is 15.0. The molecule has 1 N–H and O–H groups in total. The molecule has 20 heavy (non-hydrogen) atoms. The Labute approximate surface area is 117 Å². The Kier molecular flexibility index (Phi) is 3.84. The number of likely N-dealkylation sites (tertiary alicyclic amines) is 1. The zero-order valence-corrected chi connectivity index (χ0v) is 12.0. The first-order chi connectivity index (χ1) is 9.25. The molecule has 112 valence electrons. The Hall–Kier alpha value is -1.47. The first kappa shape index (κ1) is 14.9. The fourth-order valence-electron chi connectivity index (χ4n) is 2.29. The summed E-state index contributed by atoms with van der Waals surface area (Å²) in [4.78, 5) is 37.0. The van der Waals surface area contributed by atoms with Crippen molar-refractivity contribution in [1.82, 2.24) is 10.2 Å². The summed E-state index contributed by atoms with van der Waals surface area (Å²) >= 11 is 0. The van der Waals surface area contributed by atoms with Gasteiger partial charge >= 0.3 is 6.09 Å². The van der Waals surface area contributed by atoms with Crippen molar-refractivity contribution in [2.45, 2.75) is 44.8 Å². The minimum Gasteiger partial charge on any atom is -0.443 e. The summed E-state index contributed by atoms with van der Waals surface area (Å²) < 4.78 is 10.7. The second-order valence-corrected chi connectivity index (χ2v) is 6.03. The van der Waals surface area contributed by atoms with Crippen LogP contribution in [0, 0.1) is 0 Å². The van der Waals surface area contributed by atoms with Crippen LogP contribution in [0.2, 0.25) is 0 Å². The molecule has 0 aromatic heterocycles. The van der Waals surface area contributed by atoms with Gasteiger partial charge in [0.2, 0.25) is 5.91 Å². The Morgan fingerprint density at radius 2 is 2.10 bits per heavy atom. The van der Waals surface area contributed by atoms with Gasteiger partial charge in [0.25, 0.3) is 5.91 Å². The maximum absolute atomic E-state index is 12.5. The van der Waals surface area contributed by atoms with Gasteiger partial charge in [-0.3, -0.25) is 9.59 Å². The van der Waals surface area contributed by atoms with Gasteiger partial charge in [0.15, 0.2) is 5.60 Å². The van der Waals surface area contributed by atoms with E-state index >= 15 is 0 Å². The van der Waals surface area contributed by atoms with E-state index in [-0.39, 0.29) is 12.8 Å². The molecule has 1 spiro atoms. The lowest BCUT2D eigenvalue weighted by Crippen LogP contribution is -2.65. The molecule has 2 heterocycles. The van der Waals surface area contributed by atoms with E-state index in [1.807, 2.05) is 0 Å². The standard InChI is InChI=1S/C13H20N2O5/c1-12(2,3)20-11(18)15-9(16)4-5-13(10(15)17)8-14-6-7-19-13/h14H,4-8H2,1-3H3. The molecule has 7 heteroatoms. The van der Waals surface area contributed by atoms with Crippen LogP contribution in [0.25, 0.3) is 0 Å². The lowest BCUT2D eigenvalue weighted by molar-refractivity contribution is -0.173. The highest BCUT2D eigenvalue weighted by Crippen LogP contribution is 2.29. The smallest absolute Gasteiger partial charge is 0.424 e. The fourth-order valence-corrected chi connectivity index (χ4v) is 2.29. The van der Waals surface area contributed by atoms with Crippen molar-refractivity contribution in [3.63, 3.8) is 0 Å².